The summed E-state index contributed by atoms with van der Waals surface area (Å²) in [6, 6.07) is -0.672. The van der Waals surface area contributed by atoms with Crippen LogP contribution in [0.15, 0.2) is 6.33 Å². The molecule has 2 heterocycles. The predicted octanol–water partition coefficient (Wildman–Crippen LogP) is 0.543. The van der Waals surface area contributed by atoms with Crippen molar-refractivity contribution in [2.24, 2.45) is 0 Å². The van der Waals surface area contributed by atoms with Crippen LogP contribution in [0.1, 0.15) is 35.1 Å². The summed E-state index contributed by atoms with van der Waals surface area (Å²) in [6.45, 7) is 0. The summed E-state index contributed by atoms with van der Waals surface area (Å²) in [5, 5.41) is 17.8. The fraction of sp³-hybridized carbons (Fsp3) is 0.444. The second-order valence-corrected chi connectivity index (χ2v) is 3.50. The number of fused-ring (bicyclic) bond motifs is 1. The van der Waals surface area contributed by atoms with Gasteiger partial charge in [0.25, 0.3) is 0 Å². The summed E-state index contributed by atoms with van der Waals surface area (Å²) < 4.78 is 1.45. The molecule has 0 saturated heterocycles. The minimum Gasteiger partial charge on any atom is -0.480 e. The fourth-order valence-electron chi connectivity index (χ4n) is 1.93. The number of carboxylic acids is 2. The Bertz CT molecular complexity index is 424. The number of aliphatic carboxylic acids is 1. The molecule has 0 saturated carbocycles. The third-order valence-corrected chi connectivity index (χ3v) is 2.61. The van der Waals surface area contributed by atoms with Gasteiger partial charge < -0.3 is 14.8 Å². The van der Waals surface area contributed by atoms with E-state index in [0.717, 1.165) is 0 Å². The van der Waals surface area contributed by atoms with Gasteiger partial charge in [0.2, 0.25) is 0 Å². The van der Waals surface area contributed by atoms with Crippen LogP contribution in [0.5, 0.6) is 0 Å². The Morgan fingerprint density at radius 2 is 2.20 bits per heavy atom. The molecule has 1 aromatic heterocycles. The van der Waals surface area contributed by atoms with Gasteiger partial charge in [-0.05, 0) is 19.3 Å². The topological polar surface area (TPSA) is 92.4 Å². The van der Waals surface area contributed by atoms with Crippen LogP contribution in [0.2, 0.25) is 0 Å². The number of carboxylic acid groups (broad SMARTS) is 2. The molecule has 0 spiro atoms. The molecule has 2 N–H and O–H groups in total. The van der Waals surface area contributed by atoms with Gasteiger partial charge in [-0.2, -0.15) is 0 Å². The van der Waals surface area contributed by atoms with E-state index in [1.54, 1.807) is 0 Å². The minimum atomic E-state index is -1.10. The highest BCUT2D eigenvalue weighted by molar-refractivity contribution is 5.87. The van der Waals surface area contributed by atoms with E-state index in [0.29, 0.717) is 25.0 Å². The van der Waals surface area contributed by atoms with Crippen molar-refractivity contribution in [3.63, 3.8) is 0 Å². The highest BCUT2D eigenvalue weighted by Crippen LogP contribution is 2.26. The zero-order valence-electron chi connectivity index (χ0n) is 7.88. The summed E-state index contributed by atoms with van der Waals surface area (Å²) in [6.07, 6.45) is 3.09. The van der Waals surface area contributed by atoms with Crippen LogP contribution in [0.4, 0.5) is 0 Å². The molecule has 1 aliphatic rings. The van der Waals surface area contributed by atoms with Gasteiger partial charge in [0.05, 0.1) is 12.0 Å². The molecule has 1 unspecified atom stereocenters. The van der Waals surface area contributed by atoms with Crippen molar-refractivity contribution in [2.75, 3.05) is 0 Å². The van der Waals surface area contributed by atoms with Gasteiger partial charge in [-0.1, -0.05) is 0 Å². The molecule has 6 heteroatoms. The quantitative estimate of drug-likeness (QED) is 0.743. The number of nitrogens with zero attached hydrogens (tertiary/aromatic N) is 2. The lowest BCUT2D eigenvalue weighted by atomic mass is 10.0. The van der Waals surface area contributed by atoms with Crippen LogP contribution in [-0.4, -0.2) is 31.7 Å². The first-order chi connectivity index (χ1) is 7.11. The molecule has 0 amide bonds. The normalized spacial score (nSPS) is 19.6. The van der Waals surface area contributed by atoms with Gasteiger partial charge in [-0.25, -0.2) is 14.6 Å². The van der Waals surface area contributed by atoms with Gasteiger partial charge >= 0.3 is 11.9 Å². The highest BCUT2D eigenvalue weighted by Gasteiger charge is 2.29. The molecule has 15 heavy (non-hydrogen) atoms. The lowest BCUT2D eigenvalue weighted by Gasteiger charge is -2.21. The molecule has 0 bridgehead atoms. The third kappa shape index (κ3) is 1.47. The lowest BCUT2D eigenvalue weighted by molar-refractivity contribution is -0.141. The predicted molar refractivity (Wildman–Crippen MR) is 48.8 cm³/mol. The number of imidazole rings is 1. The van der Waals surface area contributed by atoms with E-state index in [9.17, 15) is 9.59 Å². The van der Waals surface area contributed by atoms with Crippen LogP contribution in [0, 0.1) is 0 Å². The van der Waals surface area contributed by atoms with Crippen molar-refractivity contribution in [1.82, 2.24) is 9.55 Å². The largest absolute Gasteiger partial charge is 0.480 e. The highest BCUT2D eigenvalue weighted by atomic mass is 16.4. The Balaban J connectivity index is 2.46. The minimum absolute atomic E-state index is 0.0269. The second-order valence-electron chi connectivity index (χ2n) is 3.50. The molecule has 2 rings (SSSR count). The van der Waals surface area contributed by atoms with E-state index >= 15 is 0 Å². The molecule has 0 aromatic carbocycles. The molecule has 0 fully saturated rings. The van der Waals surface area contributed by atoms with Crippen LogP contribution < -0.4 is 0 Å². The van der Waals surface area contributed by atoms with Gasteiger partial charge in [0.1, 0.15) is 6.04 Å². The van der Waals surface area contributed by atoms with Gasteiger partial charge in [0.15, 0.2) is 5.69 Å². The van der Waals surface area contributed by atoms with Crippen molar-refractivity contribution < 1.29 is 19.8 Å². The maximum atomic E-state index is 10.9. The maximum Gasteiger partial charge on any atom is 0.356 e. The van der Waals surface area contributed by atoms with Crippen LogP contribution in [0.3, 0.4) is 0 Å². The lowest BCUT2D eigenvalue weighted by Crippen LogP contribution is -2.24. The first kappa shape index (κ1) is 9.70. The van der Waals surface area contributed by atoms with Crippen molar-refractivity contribution in [1.29, 1.82) is 0 Å². The molecule has 6 nitrogen and oxygen atoms in total. The molecular formula is C9H10N2O4. The number of hydrogen-bond acceptors (Lipinski definition) is 3. The number of carbonyl (C=O) groups is 2. The number of aromatic nitrogens is 2. The van der Waals surface area contributed by atoms with Crippen LogP contribution in [0.25, 0.3) is 0 Å². The smallest absolute Gasteiger partial charge is 0.356 e. The Morgan fingerprint density at radius 3 is 2.80 bits per heavy atom. The average molecular weight is 210 g/mol. The first-order valence-corrected chi connectivity index (χ1v) is 4.63. The molecule has 0 aliphatic carbocycles. The first-order valence-electron chi connectivity index (χ1n) is 4.63. The zero-order chi connectivity index (χ0) is 11.0. The Labute approximate surface area is 85.2 Å². The summed E-state index contributed by atoms with van der Waals surface area (Å²) in [4.78, 5) is 25.4. The van der Waals surface area contributed by atoms with Crippen molar-refractivity contribution in [3.8, 4) is 0 Å². The van der Waals surface area contributed by atoms with Crippen molar-refractivity contribution in [2.45, 2.75) is 25.3 Å². The van der Waals surface area contributed by atoms with E-state index < -0.39 is 18.0 Å². The van der Waals surface area contributed by atoms with E-state index in [1.807, 2.05) is 0 Å². The maximum absolute atomic E-state index is 10.9. The van der Waals surface area contributed by atoms with Crippen molar-refractivity contribution in [3.05, 3.63) is 17.7 Å². The third-order valence-electron chi connectivity index (χ3n) is 2.61. The van der Waals surface area contributed by atoms with Gasteiger partial charge in [-0.15, -0.1) is 0 Å². The SMILES string of the molecule is O=C(O)c1ncn2c1CCCC2C(=O)O. The van der Waals surface area contributed by atoms with E-state index in [2.05, 4.69) is 4.98 Å². The number of hydrogen-bond donors (Lipinski definition) is 2. The molecule has 80 valence electrons. The summed E-state index contributed by atoms with van der Waals surface area (Å²) in [7, 11) is 0. The molecule has 0 radical (unpaired) electrons. The standard InChI is InChI=1S/C9H10N2O4/c12-8(13)6-3-1-2-5-7(9(14)15)10-4-11(5)6/h4,6H,1-3H2,(H,12,13)(H,14,15). The molecule has 1 aromatic rings. The fourth-order valence-corrected chi connectivity index (χ4v) is 1.93. The van der Waals surface area contributed by atoms with Gasteiger partial charge in [-0.3, -0.25) is 0 Å². The Kier molecular flexibility index (Phi) is 2.18. The average Bonchev–Trinajstić information content (AvgIpc) is 2.59. The number of aromatic carboxylic acids is 1. The van der Waals surface area contributed by atoms with E-state index in [4.69, 9.17) is 10.2 Å². The molecule has 1 aliphatic heterocycles. The zero-order valence-corrected chi connectivity index (χ0v) is 7.88. The van der Waals surface area contributed by atoms with E-state index in [1.165, 1.54) is 10.9 Å². The summed E-state index contributed by atoms with van der Waals surface area (Å²) in [5.74, 6) is -2.04. The Hall–Kier alpha value is -1.85. The summed E-state index contributed by atoms with van der Waals surface area (Å²) in [5.41, 5.74) is 0.488. The van der Waals surface area contributed by atoms with Gasteiger partial charge in [0, 0.05) is 0 Å². The second kappa shape index (κ2) is 3.38. The van der Waals surface area contributed by atoms with E-state index in [-0.39, 0.29) is 5.69 Å². The Morgan fingerprint density at radius 1 is 1.47 bits per heavy atom. The summed E-state index contributed by atoms with van der Waals surface area (Å²) >= 11 is 0. The number of rotatable bonds is 2. The van der Waals surface area contributed by atoms with Crippen LogP contribution in [-0.2, 0) is 11.2 Å². The molecular weight excluding hydrogens is 200 g/mol. The van der Waals surface area contributed by atoms with Crippen molar-refractivity contribution >= 4 is 11.9 Å². The monoisotopic (exact) mass is 210 g/mol. The molecule has 1 atom stereocenters. The van der Waals surface area contributed by atoms with Crippen LogP contribution >= 0.6 is 0 Å².